The molecule has 3 rings (SSSR count). The second-order valence-corrected chi connectivity index (χ2v) is 7.38. The lowest BCUT2D eigenvalue weighted by Gasteiger charge is -2.27. The number of benzene rings is 2. The first-order valence-electron chi connectivity index (χ1n) is 7.19. The van der Waals surface area contributed by atoms with Gasteiger partial charge in [0.25, 0.3) is 0 Å². The van der Waals surface area contributed by atoms with Gasteiger partial charge in [-0.25, -0.2) is 13.1 Å². The van der Waals surface area contributed by atoms with Gasteiger partial charge in [0.05, 0.1) is 17.0 Å². The lowest BCUT2D eigenvalue weighted by atomic mass is 10.0. The molecule has 2 aromatic carbocycles. The van der Waals surface area contributed by atoms with E-state index in [-0.39, 0.29) is 11.5 Å². The third kappa shape index (κ3) is 2.69. The number of aliphatic hydroxyl groups excluding tert-OH is 1. The lowest BCUT2D eigenvalue weighted by molar-refractivity contribution is 0.185. The molecular formula is C16H19NO3S. The average Bonchev–Trinajstić information content (AvgIpc) is 2.95. The summed E-state index contributed by atoms with van der Waals surface area (Å²) in [5.41, 5.74) is -0.699. The molecule has 21 heavy (non-hydrogen) atoms. The Kier molecular flexibility index (Phi) is 3.73. The number of fused-ring (bicyclic) bond motifs is 1. The van der Waals surface area contributed by atoms with Gasteiger partial charge in [0.1, 0.15) is 0 Å². The average molecular weight is 305 g/mol. The molecule has 2 aromatic rings. The van der Waals surface area contributed by atoms with E-state index in [1.54, 1.807) is 12.1 Å². The smallest absolute Gasteiger partial charge is 0.241 e. The summed E-state index contributed by atoms with van der Waals surface area (Å²) >= 11 is 0. The minimum absolute atomic E-state index is 0.156. The first kappa shape index (κ1) is 14.5. The van der Waals surface area contributed by atoms with Crippen LogP contribution in [0.25, 0.3) is 10.8 Å². The molecule has 0 heterocycles. The Morgan fingerprint density at radius 1 is 1.05 bits per heavy atom. The van der Waals surface area contributed by atoms with Crippen molar-refractivity contribution in [1.29, 1.82) is 0 Å². The van der Waals surface area contributed by atoms with Crippen LogP contribution in [0.3, 0.4) is 0 Å². The van der Waals surface area contributed by atoms with Crippen molar-refractivity contribution in [3.63, 3.8) is 0 Å². The van der Waals surface area contributed by atoms with Crippen molar-refractivity contribution in [3.8, 4) is 0 Å². The fraction of sp³-hybridized carbons (Fsp3) is 0.375. The zero-order valence-electron chi connectivity index (χ0n) is 11.7. The van der Waals surface area contributed by atoms with E-state index in [4.69, 9.17) is 0 Å². The van der Waals surface area contributed by atoms with Crippen molar-refractivity contribution >= 4 is 20.8 Å². The normalized spacial score (nSPS) is 18.1. The van der Waals surface area contributed by atoms with Crippen LogP contribution in [0, 0.1) is 0 Å². The summed E-state index contributed by atoms with van der Waals surface area (Å²) in [6.07, 6.45) is 3.26. The molecule has 1 aliphatic carbocycles. The Bertz CT molecular complexity index is 744. The highest BCUT2D eigenvalue weighted by Crippen LogP contribution is 2.32. The van der Waals surface area contributed by atoms with Gasteiger partial charge in [-0.2, -0.15) is 0 Å². The third-order valence-corrected chi connectivity index (χ3v) is 5.89. The molecule has 0 atom stereocenters. The van der Waals surface area contributed by atoms with Gasteiger partial charge < -0.3 is 5.11 Å². The van der Waals surface area contributed by atoms with Gasteiger partial charge in [0.15, 0.2) is 0 Å². The van der Waals surface area contributed by atoms with Crippen LogP contribution in [-0.4, -0.2) is 25.7 Å². The molecule has 1 aliphatic rings. The van der Waals surface area contributed by atoms with Gasteiger partial charge in [0, 0.05) is 5.39 Å². The molecule has 0 radical (unpaired) electrons. The molecular weight excluding hydrogens is 286 g/mol. The molecule has 0 unspecified atom stereocenters. The lowest BCUT2D eigenvalue weighted by Crippen LogP contribution is -2.49. The highest BCUT2D eigenvalue weighted by atomic mass is 32.2. The highest BCUT2D eigenvalue weighted by molar-refractivity contribution is 7.89. The summed E-state index contributed by atoms with van der Waals surface area (Å²) < 4.78 is 28.2. The molecule has 0 amide bonds. The first-order chi connectivity index (χ1) is 10.1. The van der Waals surface area contributed by atoms with Crippen molar-refractivity contribution in [3.05, 3.63) is 42.5 Å². The van der Waals surface area contributed by atoms with Crippen molar-refractivity contribution in [2.45, 2.75) is 36.1 Å². The summed E-state index contributed by atoms with van der Waals surface area (Å²) in [5.74, 6) is 0. The SMILES string of the molecule is O=S(=O)(NC1(CO)CCCC1)c1cccc2ccccc12. The third-order valence-electron chi connectivity index (χ3n) is 4.25. The van der Waals surface area contributed by atoms with Crippen LogP contribution < -0.4 is 4.72 Å². The number of hydrogen-bond donors (Lipinski definition) is 2. The molecule has 1 saturated carbocycles. The van der Waals surface area contributed by atoms with Gasteiger partial charge in [-0.3, -0.25) is 0 Å². The van der Waals surface area contributed by atoms with Crippen LogP contribution in [0.5, 0.6) is 0 Å². The van der Waals surface area contributed by atoms with E-state index in [2.05, 4.69) is 4.72 Å². The molecule has 1 fully saturated rings. The monoisotopic (exact) mass is 305 g/mol. The maximum atomic E-state index is 12.7. The molecule has 5 heteroatoms. The summed E-state index contributed by atoms with van der Waals surface area (Å²) in [4.78, 5) is 0.278. The summed E-state index contributed by atoms with van der Waals surface area (Å²) in [7, 11) is -3.65. The maximum absolute atomic E-state index is 12.7. The molecule has 0 saturated heterocycles. The zero-order chi connectivity index (χ0) is 14.9. The van der Waals surface area contributed by atoms with Gasteiger partial charge in [-0.15, -0.1) is 0 Å². The number of hydrogen-bond acceptors (Lipinski definition) is 3. The Labute approximate surface area is 124 Å². The minimum atomic E-state index is -3.65. The van der Waals surface area contributed by atoms with Crippen LogP contribution in [-0.2, 0) is 10.0 Å². The minimum Gasteiger partial charge on any atom is -0.394 e. The number of nitrogens with one attached hydrogen (secondary N) is 1. The van der Waals surface area contributed by atoms with Crippen molar-refractivity contribution in [2.75, 3.05) is 6.61 Å². The quantitative estimate of drug-likeness (QED) is 0.911. The van der Waals surface area contributed by atoms with E-state index in [1.165, 1.54) is 0 Å². The second kappa shape index (κ2) is 5.40. The van der Waals surface area contributed by atoms with Crippen LogP contribution in [0.2, 0.25) is 0 Å². The van der Waals surface area contributed by atoms with Crippen molar-refractivity contribution in [1.82, 2.24) is 4.72 Å². The number of aliphatic hydroxyl groups is 1. The van der Waals surface area contributed by atoms with Crippen molar-refractivity contribution in [2.24, 2.45) is 0 Å². The predicted octanol–water partition coefficient (Wildman–Crippen LogP) is 2.42. The number of rotatable bonds is 4. The molecule has 0 bridgehead atoms. The van der Waals surface area contributed by atoms with Gasteiger partial charge in [-0.05, 0) is 24.3 Å². The summed E-state index contributed by atoms with van der Waals surface area (Å²) in [6, 6.07) is 12.7. The predicted molar refractivity (Wildman–Crippen MR) is 82.6 cm³/mol. The zero-order valence-corrected chi connectivity index (χ0v) is 12.6. The van der Waals surface area contributed by atoms with Crippen LogP contribution in [0.15, 0.2) is 47.4 Å². The Morgan fingerprint density at radius 3 is 2.43 bits per heavy atom. The molecule has 2 N–H and O–H groups in total. The van der Waals surface area contributed by atoms with Crippen LogP contribution in [0.4, 0.5) is 0 Å². The molecule has 0 aliphatic heterocycles. The topological polar surface area (TPSA) is 66.4 Å². The Morgan fingerprint density at radius 2 is 1.71 bits per heavy atom. The largest absolute Gasteiger partial charge is 0.394 e. The molecule has 0 aromatic heterocycles. The van der Waals surface area contributed by atoms with E-state index in [1.807, 2.05) is 30.3 Å². The molecule has 4 nitrogen and oxygen atoms in total. The Balaban J connectivity index is 2.04. The standard InChI is InChI=1S/C16H19NO3S/c18-12-16(10-3-4-11-16)17-21(19,20)15-9-5-7-13-6-1-2-8-14(13)15/h1-2,5-9,17-18H,3-4,10-12H2. The van der Waals surface area contributed by atoms with Gasteiger partial charge in [-0.1, -0.05) is 49.2 Å². The van der Waals surface area contributed by atoms with Crippen LogP contribution >= 0.6 is 0 Å². The highest BCUT2D eigenvalue weighted by Gasteiger charge is 2.37. The maximum Gasteiger partial charge on any atom is 0.241 e. The van der Waals surface area contributed by atoms with E-state index < -0.39 is 15.6 Å². The number of sulfonamides is 1. The van der Waals surface area contributed by atoms with E-state index in [9.17, 15) is 13.5 Å². The molecule has 112 valence electrons. The molecule has 0 spiro atoms. The van der Waals surface area contributed by atoms with Gasteiger partial charge >= 0.3 is 0 Å². The van der Waals surface area contributed by atoms with Gasteiger partial charge in [0.2, 0.25) is 10.0 Å². The second-order valence-electron chi connectivity index (χ2n) is 5.73. The summed E-state index contributed by atoms with van der Waals surface area (Å²) in [5, 5.41) is 11.2. The fourth-order valence-electron chi connectivity index (χ4n) is 3.11. The van der Waals surface area contributed by atoms with Crippen molar-refractivity contribution < 1.29 is 13.5 Å². The first-order valence-corrected chi connectivity index (χ1v) is 8.67. The van der Waals surface area contributed by atoms with Crippen LogP contribution in [0.1, 0.15) is 25.7 Å². The van der Waals surface area contributed by atoms with E-state index in [0.29, 0.717) is 18.2 Å². The Hall–Kier alpha value is -1.43. The fourth-order valence-corrected chi connectivity index (χ4v) is 4.80. The van der Waals surface area contributed by atoms with E-state index in [0.717, 1.165) is 18.2 Å². The van der Waals surface area contributed by atoms with E-state index >= 15 is 0 Å². The summed E-state index contributed by atoms with van der Waals surface area (Å²) in [6.45, 7) is -0.156.